The van der Waals surface area contributed by atoms with Crippen LogP contribution in [0, 0.1) is 6.92 Å². The van der Waals surface area contributed by atoms with Crippen LogP contribution in [-0.4, -0.2) is 63.3 Å². The molecule has 5 nitrogen and oxygen atoms in total. The first-order valence-corrected chi connectivity index (χ1v) is 9.81. The number of benzene rings is 1. The van der Waals surface area contributed by atoms with Crippen molar-refractivity contribution >= 4 is 29.9 Å². The molecular formula is C21H37IN4O. The molecule has 1 saturated heterocycles. The molecule has 2 rings (SSSR count). The van der Waals surface area contributed by atoms with Gasteiger partial charge in [-0.15, -0.1) is 24.0 Å². The zero-order valence-corrected chi connectivity index (χ0v) is 19.9. The maximum absolute atomic E-state index is 5.56. The van der Waals surface area contributed by atoms with Gasteiger partial charge in [0.05, 0.1) is 6.54 Å². The standard InChI is InChI=1S/C21H36N4O.HI/c1-6-22-20(23-15-18(3)19-9-7-8-17(2)14-19)24-16-21(25(4)5)10-12-26-13-11-21;/h7-9,14,18H,6,10-13,15-16H2,1-5H3,(H2,22,23,24);1H. The second-order valence-corrected chi connectivity index (χ2v) is 7.62. The number of guanidine groups is 1. The van der Waals surface area contributed by atoms with Crippen molar-refractivity contribution < 1.29 is 4.74 Å². The van der Waals surface area contributed by atoms with Gasteiger partial charge in [-0.2, -0.15) is 0 Å². The van der Waals surface area contributed by atoms with Gasteiger partial charge in [0.2, 0.25) is 0 Å². The number of hydrogen-bond donors (Lipinski definition) is 2. The first-order chi connectivity index (χ1) is 12.5. The summed E-state index contributed by atoms with van der Waals surface area (Å²) in [5.74, 6) is 1.34. The van der Waals surface area contributed by atoms with Gasteiger partial charge in [-0.3, -0.25) is 4.99 Å². The molecule has 1 atom stereocenters. The van der Waals surface area contributed by atoms with Crippen LogP contribution in [0.1, 0.15) is 43.7 Å². The van der Waals surface area contributed by atoms with Gasteiger partial charge in [0.15, 0.2) is 5.96 Å². The summed E-state index contributed by atoms with van der Waals surface area (Å²) in [5, 5.41) is 6.91. The number of rotatable bonds is 7. The molecule has 1 aromatic rings. The van der Waals surface area contributed by atoms with Gasteiger partial charge in [0.25, 0.3) is 0 Å². The molecule has 0 amide bonds. The van der Waals surface area contributed by atoms with Crippen molar-refractivity contribution in [3.63, 3.8) is 0 Å². The van der Waals surface area contributed by atoms with Crippen molar-refractivity contribution in [3.05, 3.63) is 35.4 Å². The Kier molecular flexibility index (Phi) is 10.6. The van der Waals surface area contributed by atoms with Crippen LogP contribution in [0.3, 0.4) is 0 Å². The molecule has 0 aliphatic carbocycles. The average Bonchev–Trinajstić information content (AvgIpc) is 2.64. The monoisotopic (exact) mass is 488 g/mol. The Morgan fingerprint density at radius 2 is 1.96 bits per heavy atom. The predicted molar refractivity (Wildman–Crippen MR) is 125 cm³/mol. The summed E-state index contributed by atoms with van der Waals surface area (Å²) >= 11 is 0. The summed E-state index contributed by atoms with van der Waals surface area (Å²) < 4.78 is 5.56. The Morgan fingerprint density at radius 1 is 1.26 bits per heavy atom. The van der Waals surface area contributed by atoms with Crippen LogP contribution in [-0.2, 0) is 4.74 Å². The zero-order valence-electron chi connectivity index (χ0n) is 17.5. The Balaban J connectivity index is 0.00000364. The van der Waals surface area contributed by atoms with Crippen LogP contribution >= 0.6 is 24.0 Å². The Bertz CT molecular complexity index is 585. The molecule has 154 valence electrons. The van der Waals surface area contributed by atoms with Gasteiger partial charge in [-0.1, -0.05) is 36.8 Å². The molecule has 1 heterocycles. The molecule has 1 unspecified atom stereocenters. The van der Waals surface area contributed by atoms with E-state index < -0.39 is 0 Å². The molecule has 0 bridgehead atoms. The smallest absolute Gasteiger partial charge is 0.191 e. The molecule has 1 aliphatic heterocycles. The van der Waals surface area contributed by atoms with Crippen LogP contribution in [0.5, 0.6) is 0 Å². The molecular weight excluding hydrogens is 451 g/mol. The van der Waals surface area contributed by atoms with Crippen LogP contribution in [0.25, 0.3) is 0 Å². The number of ether oxygens (including phenoxy) is 1. The largest absolute Gasteiger partial charge is 0.381 e. The van der Waals surface area contributed by atoms with E-state index in [0.29, 0.717) is 5.92 Å². The van der Waals surface area contributed by atoms with E-state index >= 15 is 0 Å². The number of aryl methyl sites for hydroxylation is 1. The van der Waals surface area contributed by atoms with Crippen LogP contribution < -0.4 is 10.6 Å². The molecule has 6 heteroatoms. The highest BCUT2D eigenvalue weighted by atomic mass is 127. The fraction of sp³-hybridized carbons (Fsp3) is 0.667. The fourth-order valence-electron chi connectivity index (χ4n) is 3.41. The van der Waals surface area contributed by atoms with E-state index in [2.05, 4.69) is 74.7 Å². The van der Waals surface area contributed by atoms with Gasteiger partial charge in [-0.25, -0.2) is 0 Å². The summed E-state index contributed by atoms with van der Waals surface area (Å²) in [4.78, 5) is 7.23. The minimum absolute atomic E-state index is 0. The van der Waals surface area contributed by atoms with Crippen molar-refractivity contribution in [2.75, 3.05) is 46.9 Å². The molecule has 1 aromatic carbocycles. The lowest BCUT2D eigenvalue weighted by Crippen LogP contribution is -2.51. The van der Waals surface area contributed by atoms with E-state index in [-0.39, 0.29) is 29.5 Å². The van der Waals surface area contributed by atoms with Crippen LogP contribution in [0.4, 0.5) is 0 Å². The maximum Gasteiger partial charge on any atom is 0.191 e. The minimum atomic E-state index is 0. The molecule has 27 heavy (non-hydrogen) atoms. The molecule has 1 aliphatic rings. The van der Waals surface area contributed by atoms with Gasteiger partial charge < -0.3 is 20.3 Å². The third-order valence-electron chi connectivity index (χ3n) is 5.43. The summed E-state index contributed by atoms with van der Waals surface area (Å²) in [6, 6.07) is 8.74. The zero-order chi connectivity index (χ0) is 19.0. The molecule has 0 radical (unpaired) electrons. The highest BCUT2D eigenvalue weighted by molar-refractivity contribution is 14.0. The Labute approximate surface area is 182 Å². The lowest BCUT2D eigenvalue weighted by Gasteiger charge is -2.41. The maximum atomic E-state index is 5.56. The van der Waals surface area contributed by atoms with Crippen LogP contribution in [0.2, 0.25) is 0 Å². The number of nitrogens with one attached hydrogen (secondary N) is 2. The van der Waals surface area contributed by atoms with E-state index in [1.54, 1.807) is 0 Å². The quantitative estimate of drug-likeness (QED) is 0.351. The Hall–Kier alpha value is -0.860. The number of nitrogens with zero attached hydrogens (tertiary/aromatic N) is 2. The van der Waals surface area contributed by atoms with E-state index in [4.69, 9.17) is 9.73 Å². The SMILES string of the molecule is CCNC(=NCC1(N(C)C)CCOCC1)NCC(C)c1cccc(C)c1.I. The highest BCUT2D eigenvalue weighted by Crippen LogP contribution is 2.26. The van der Waals surface area contributed by atoms with E-state index in [9.17, 15) is 0 Å². The van der Waals surface area contributed by atoms with Gasteiger partial charge >= 0.3 is 0 Å². The summed E-state index contributed by atoms with van der Waals surface area (Å²) in [6.07, 6.45) is 2.06. The second kappa shape index (κ2) is 11.9. The summed E-state index contributed by atoms with van der Waals surface area (Å²) in [7, 11) is 4.31. The lowest BCUT2D eigenvalue weighted by molar-refractivity contribution is -0.00254. The van der Waals surface area contributed by atoms with Crippen molar-refractivity contribution in [2.45, 2.75) is 45.1 Å². The molecule has 0 saturated carbocycles. The average molecular weight is 488 g/mol. The molecule has 2 N–H and O–H groups in total. The summed E-state index contributed by atoms with van der Waals surface area (Å²) in [5.41, 5.74) is 2.77. The lowest BCUT2D eigenvalue weighted by atomic mass is 9.89. The Morgan fingerprint density at radius 3 is 2.56 bits per heavy atom. The minimum Gasteiger partial charge on any atom is -0.381 e. The topological polar surface area (TPSA) is 48.9 Å². The van der Waals surface area contributed by atoms with Crippen LogP contribution in [0.15, 0.2) is 29.3 Å². The predicted octanol–water partition coefficient (Wildman–Crippen LogP) is 3.38. The fourth-order valence-corrected chi connectivity index (χ4v) is 3.41. The van der Waals surface area contributed by atoms with Crippen molar-refractivity contribution in [1.82, 2.24) is 15.5 Å². The van der Waals surface area contributed by atoms with E-state index in [0.717, 1.165) is 51.6 Å². The van der Waals surface area contributed by atoms with Crippen molar-refractivity contribution in [3.8, 4) is 0 Å². The third-order valence-corrected chi connectivity index (χ3v) is 5.43. The first kappa shape index (κ1) is 24.2. The van der Waals surface area contributed by atoms with Gasteiger partial charge in [0, 0.05) is 31.8 Å². The number of halogens is 1. The highest BCUT2D eigenvalue weighted by Gasteiger charge is 2.34. The summed E-state index contributed by atoms with van der Waals surface area (Å²) in [6.45, 7) is 10.7. The number of hydrogen-bond acceptors (Lipinski definition) is 3. The normalized spacial score (nSPS) is 17.9. The second-order valence-electron chi connectivity index (χ2n) is 7.62. The van der Waals surface area contributed by atoms with E-state index in [1.165, 1.54) is 11.1 Å². The molecule has 0 spiro atoms. The molecule has 1 fully saturated rings. The van der Waals surface area contributed by atoms with Crippen molar-refractivity contribution in [1.29, 1.82) is 0 Å². The van der Waals surface area contributed by atoms with Gasteiger partial charge in [-0.05, 0) is 52.3 Å². The molecule has 0 aromatic heterocycles. The van der Waals surface area contributed by atoms with E-state index in [1.807, 2.05) is 0 Å². The third kappa shape index (κ3) is 7.23. The first-order valence-electron chi connectivity index (χ1n) is 9.81. The number of aliphatic imine (C=N–C) groups is 1. The number of likely N-dealkylation sites (N-methyl/N-ethyl adjacent to an activating group) is 1. The van der Waals surface area contributed by atoms with Gasteiger partial charge in [0.1, 0.15) is 0 Å². The van der Waals surface area contributed by atoms with Crippen molar-refractivity contribution in [2.24, 2.45) is 4.99 Å².